The van der Waals surface area contributed by atoms with Crippen LogP contribution in [0, 0.1) is 11.3 Å². The van der Waals surface area contributed by atoms with Crippen molar-refractivity contribution >= 4 is 35.1 Å². The van der Waals surface area contributed by atoms with Gasteiger partial charge in [0.05, 0.1) is 10.6 Å². The summed E-state index contributed by atoms with van der Waals surface area (Å²) in [5.74, 6) is -0.130. The molecule has 0 bridgehead atoms. The molecule has 152 valence electrons. The zero-order chi connectivity index (χ0) is 21.5. The Balaban J connectivity index is 1.49. The number of amides is 4. The lowest BCUT2D eigenvalue weighted by molar-refractivity contribution is -0.133. The topological polar surface area (TPSA) is 121 Å². The number of benzene rings is 2. The summed E-state index contributed by atoms with van der Waals surface area (Å²) in [6, 6.07) is 10.6. The Morgan fingerprint density at radius 3 is 2.77 bits per heavy atom. The number of imide groups is 1. The standard InChI is InChI=1S/C20H15ClN4O5/c1-20(12-3-5-15-16(6-12)30-10-29-15)18(27)25(19(28)24-20)9-17(26)23-13-4-2-11(8-22)14(21)7-13/h2-7H,9-10H2,1H3,(H,23,26)(H,24,28)/t20-/m0/s1. The number of halogens is 1. The summed E-state index contributed by atoms with van der Waals surface area (Å²) in [5.41, 5.74) is -0.236. The highest BCUT2D eigenvalue weighted by Gasteiger charge is 2.49. The summed E-state index contributed by atoms with van der Waals surface area (Å²) in [4.78, 5) is 38.7. The summed E-state index contributed by atoms with van der Waals surface area (Å²) in [7, 11) is 0. The molecule has 1 atom stereocenters. The lowest BCUT2D eigenvalue weighted by atomic mass is 9.91. The van der Waals surface area contributed by atoms with Crippen molar-refractivity contribution in [2.24, 2.45) is 0 Å². The van der Waals surface area contributed by atoms with Crippen molar-refractivity contribution in [1.29, 1.82) is 5.26 Å². The highest BCUT2D eigenvalue weighted by atomic mass is 35.5. The van der Waals surface area contributed by atoms with Gasteiger partial charge >= 0.3 is 6.03 Å². The Hall–Kier alpha value is -3.77. The van der Waals surface area contributed by atoms with Crippen LogP contribution in [0.2, 0.25) is 5.02 Å². The van der Waals surface area contributed by atoms with E-state index in [1.807, 2.05) is 6.07 Å². The molecule has 10 heteroatoms. The van der Waals surface area contributed by atoms with Gasteiger partial charge in [-0.1, -0.05) is 17.7 Å². The number of ether oxygens (including phenoxy) is 2. The second-order valence-corrected chi connectivity index (χ2v) is 7.28. The van der Waals surface area contributed by atoms with Gasteiger partial charge in [-0.05, 0) is 42.8 Å². The Bertz CT molecular complexity index is 1130. The summed E-state index contributed by atoms with van der Waals surface area (Å²) in [6.07, 6.45) is 0. The van der Waals surface area contributed by atoms with E-state index in [0.717, 1.165) is 4.90 Å². The smallest absolute Gasteiger partial charge is 0.325 e. The van der Waals surface area contributed by atoms with Gasteiger partial charge in [-0.3, -0.25) is 14.5 Å². The van der Waals surface area contributed by atoms with Crippen LogP contribution in [0.15, 0.2) is 36.4 Å². The predicted molar refractivity (Wildman–Crippen MR) is 105 cm³/mol. The number of nitrogens with zero attached hydrogens (tertiary/aromatic N) is 2. The second-order valence-electron chi connectivity index (χ2n) is 6.87. The molecule has 2 aliphatic rings. The molecule has 2 N–H and O–H groups in total. The largest absolute Gasteiger partial charge is 0.454 e. The van der Waals surface area contributed by atoms with Gasteiger partial charge in [-0.2, -0.15) is 5.26 Å². The van der Waals surface area contributed by atoms with Crippen LogP contribution in [0.5, 0.6) is 11.5 Å². The first kappa shape index (κ1) is 19.5. The third kappa shape index (κ3) is 3.27. The molecular formula is C20H15ClN4O5. The maximum atomic E-state index is 13.0. The van der Waals surface area contributed by atoms with Crippen LogP contribution in [0.25, 0.3) is 0 Å². The van der Waals surface area contributed by atoms with Gasteiger partial charge in [0.25, 0.3) is 5.91 Å². The number of rotatable bonds is 4. The van der Waals surface area contributed by atoms with Crippen molar-refractivity contribution in [3.63, 3.8) is 0 Å². The van der Waals surface area contributed by atoms with E-state index in [4.69, 9.17) is 26.3 Å². The van der Waals surface area contributed by atoms with Crippen molar-refractivity contribution in [2.75, 3.05) is 18.7 Å². The minimum absolute atomic E-state index is 0.0848. The van der Waals surface area contributed by atoms with E-state index in [1.165, 1.54) is 18.2 Å². The number of hydrogen-bond acceptors (Lipinski definition) is 6. The first-order valence-corrected chi connectivity index (χ1v) is 9.23. The number of urea groups is 1. The highest BCUT2D eigenvalue weighted by molar-refractivity contribution is 6.32. The van der Waals surface area contributed by atoms with E-state index in [9.17, 15) is 14.4 Å². The number of carbonyl (C=O) groups excluding carboxylic acids is 3. The van der Waals surface area contributed by atoms with E-state index >= 15 is 0 Å². The lowest BCUT2D eigenvalue weighted by Crippen LogP contribution is -2.42. The van der Waals surface area contributed by atoms with Crippen molar-refractivity contribution in [1.82, 2.24) is 10.2 Å². The van der Waals surface area contributed by atoms with Gasteiger partial charge in [0.15, 0.2) is 11.5 Å². The quantitative estimate of drug-likeness (QED) is 0.724. The number of nitriles is 1. The maximum Gasteiger partial charge on any atom is 0.325 e. The summed E-state index contributed by atoms with van der Waals surface area (Å²) < 4.78 is 10.6. The summed E-state index contributed by atoms with van der Waals surface area (Å²) in [5, 5.41) is 14.3. The molecular weight excluding hydrogens is 412 g/mol. The molecule has 30 heavy (non-hydrogen) atoms. The van der Waals surface area contributed by atoms with Crippen molar-refractivity contribution in [2.45, 2.75) is 12.5 Å². The Morgan fingerprint density at radius 2 is 2.03 bits per heavy atom. The predicted octanol–water partition coefficient (Wildman–Crippen LogP) is 2.35. The number of anilines is 1. The van der Waals surface area contributed by atoms with E-state index in [-0.39, 0.29) is 17.4 Å². The molecule has 4 rings (SSSR count). The minimum Gasteiger partial charge on any atom is -0.454 e. The summed E-state index contributed by atoms with van der Waals surface area (Å²) in [6.45, 7) is 1.16. The molecule has 2 aromatic rings. The lowest BCUT2D eigenvalue weighted by Gasteiger charge is -2.22. The van der Waals surface area contributed by atoms with E-state index in [0.29, 0.717) is 22.7 Å². The molecule has 4 amide bonds. The Kier molecular flexibility index (Phi) is 4.72. The molecule has 1 fully saturated rings. The molecule has 0 unspecified atom stereocenters. The molecule has 0 saturated carbocycles. The molecule has 0 aliphatic carbocycles. The maximum absolute atomic E-state index is 13.0. The first-order valence-electron chi connectivity index (χ1n) is 8.85. The zero-order valence-electron chi connectivity index (χ0n) is 15.7. The highest BCUT2D eigenvalue weighted by Crippen LogP contribution is 2.37. The van der Waals surface area contributed by atoms with Gasteiger partial charge in [-0.25, -0.2) is 4.79 Å². The van der Waals surface area contributed by atoms with Crippen LogP contribution in [0.1, 0.15) is 18.1 Å². The average molecular weight is 427 g/mol. The molecule has 2 heterocycles. The summed E-state index contributed by atoms with van der Waals surface area (Å²) >= 11 is 5.95. The van der Waals surface area contributed by atoms with Crippen LogP contribution < -0.4 is 20.1 Å². The van der Waals surface area contributed by atoms with E-state index in [1.54, 1.807) is 25.1 Å². The fourth-order valence-corrected chi connectivity index (χ4v) is 3.49. The van der Waals surface area contributed by atoms with Gasteiger partial charge < -0.3 is 20.1 Å². The third-order valence-electron chi connectivity index (χ3n) is 4.90. The van der Waals surface area contributed by atoms with E-state index < -0.39 is 29.9 Å². The van der Waals surface area contributed by atoms with Crippen LogP contribution in [0.4, 0.5) is 10.5 Å². The fraction of sp³-hybridized carbons (Fsp3) is 0.200. The Morgan fingerprint density at radius 1 is 1.27 bits per heavy atom. The molecule has 2 aliphatic heterocycles. The SMILES string of the molecule is C[C@@]1(c2ccc3c(c2)OCO3)NC(=O)N(CC(=O)Nc2ccc(C#N)c(Cl)c2)C1=O. The van der Waals surface area contributed by atoms with Crippen molar-refractivity contribution in [3.05, 3.63) is 52.5 Å². The molecule has 1 saturated heterocycles. The molecule has 0 spiro atoms. The normalized spacial score (nSPS) is 19.4. The number of carbonyl (C=O) groups is 3. The molecule has 0 radical (unpaired) electrons. The van der Waals surface area contributed by atoms with Crippen LogP contribution in [-0.2, 0) is 15.1 Å². The average Bonchev–Trinajstić information content (AvgIpc) is 3.26. The van der Waals surface area contributed by atoms with Crippen molar-refractivity contribution < 1.29 is 23.9 Å². The van der Waals surface area contributed by atoms with Crippen LogP contribution >= 0.6 is 11.6 Å². The van der Waals surface area contributed by atoms with Crippen molar-refractivity contribution in [3.8, 4) is 17.6 Å². The van der Waals surface area contributed by atoms with Crippen LogP contribution in [-0.4, -0.2) is 36.1 Å². The van der Waals surface area contributed by atoms with E-state index in [2.05, 4.69) is 10.6 Å². The number of nitrogens with one attached hydrogen (secondary N) is 2. The third-order valence-corrected chi connectivity index (χ3v) is 5.21. The molecule has 9 nitrogen and oxygen atoms in total. The Labute approximate surface area is 176 Å². The van der Waals surface area contributed by atoms with Gasteiger partial charge in [0.1, 0.15) is 18.2 Å². The second kappa shape index (κ2) is 7.24. The molecule has 2 aromatic carbocycles. The fourth-order valence-electron chi connectivity index (χ4n) is 3.27. The number of hydrogen-bond donors (Lipinski definition) is 2. The van der Waals surface area contributed by atoms with Gasteiger partial charge in [0.2, 0.25) is 12.7 Å². The van der Waals surface area contributed by atoms with Gasteiger partial charge in [-0.15, -0.1) is 0 Å². The minimum atomic E-state index is -1.35. The molecule has 0 aromatic heterocycles. The zero-order valence-corrected chi connectivity index (χ0v) is 16.4. The van der Waals surface area contributed by atoms with Crippen LogP contribution in [0.3, 0.4) is 0 Å². The number of fused-ring (bicyclic) bond motifs is 1. The van der Waals surface area contributed by atoms with Gasteiger partial charge in [0, 0.05) is 5.69 Å². The first-order chi connectivity index (χ1) is 14.3. The monoisotopic (exact) mass is 426 g/mol.